The number of anilines is 1. The van der Waals surface area contributed by atoms with E-state index in [1.165, 1.54) is 25.1 Å². The molecule has 11 heteroatoms. The van der Waals surface area contributed by atoms with Crippen molar-refractivity contribution in [2.24, 2.45) is 0 Å². The van der Waals surface area contributed by atoms with Gasteiger partial charge in [0.05, 0.1) is 36.1 Å². The van der Waals surface area contributed by atoms with Crippen LogP contribution in [0.5, 0.6) is 11.5 Å². The minimum absolute atomic E-state index is 0.0224. The summed E-state index contributed by atoms with van der Waals surface area (Å²) in [6, 6.07) is 11.4. The summed E-state index contributed by atoms with van der Waals surface area (Å²) in [6.07, 6.45) is 1.37. The SMILES string of the molecule is COc1cccc(OCCNC(=O)CCCN(c2cccc([N+](=O)[O-])c2C)S(C)(=O)=O)c1. The van der Waals surface area contributed by atoms with Crippen LogP contribution in [0.3, 0.4) is 0 Å². The molecule has 2 aromatic carbocycles. The standard InChI is InChI=1S/C21H27N3O7S/c1-16-19(9-5-10-20(16)24(26)27)23(32(3,28)29)13-6-11-21(25)22-12-14-31-18-8-4-7-17(15-18)30-2/h4-5,7-10,15H,6,11-14H2,1-3H3,(H,22,25). The first-order valence-electron chi connectivity index (χ1n) is 9.88. The van der Waals surface area contributed by atoms with Gasteiger partial charge in [0, 0.05) is 25.1 Å². The zero-order valence-corrected chi connectivity index (χ0v) is 19.1. The molecule has 0 aromatic heterocycles. The van der Waals surface area contributed by atoms with Gasteiger partial charge in [0.1, 0.15) is 18.1 Å². The van der Waals surface area contributed by atoms with Crippen molar-refractivity contribution >= 4 is 27.3 Å². The Balaban J connectivity index is 1.86. The number of methoxy groups -OCH3 is 1. The monoisotopic (exact) mass is 465 g/mol. The van der Waals surface area contributed by atoms with Crippen molar-refractivity contribution in [1.29, 1.82) is 0 Å². The summed E-state index contributed by atoms with van der Waals surface area (Å²) in [5.41, 5.74) is 0.320. The Morgan fingerprint density at radius 3 is 2.53 bits per heavy atom. The second-order valence-electron chi connectivity index (χ2n) is 6.99. The van der Waals surface area contributed by atoms with Crippen molar-refractivity contribution < 1.29 is 27.6 Å². The van der Waals surface area contributed by atoms with Gasteiger partial charge in [-0.2, -0.15) is 0 Å². The lowest BCUT2D eigenvalue weighted by Gasteiger charge is -2.24. The smallest absolute Gasteiger partial charge is 0.274 e. The zero-order chi connectivity index (χ0) is 23.7. The van der Waals surface area contributed by atoms with Gasteiger partial charge in [-0.1, -0.05) is 12.1 Å². The van der Waals surface area contributed by atoms with Gasteiger partial charge in [-0.15, -0.1) is 0 Å². The number of nitro benzene ring substituents is 1. The van der Waals surface area contributed by atoms with Crippen LogP contribution < -0.4 is 19.1 Å². The number of rotatable bonds is 12. The van der Waals surface area contributed by atoms with E-state index in [4.69, 9.17) is 9.47 Å². The first kappa shape index (κ1) is 24.9. The zero-order valence-electron chi connectivity index (χ0n) is 18.2. The van der Waals surface area contributed by atoms with Crippen LogP contribution in [0.25, 0.3) is 0 Å². The highest BCUT2D eigenvalue weighted by Crippen LogP contribution is 2.30. The highest BCUT2D eigenvalue weighted by Gasteiger charge is 2.23. The van der Waals surface area contributed by atoms with Gasteiger partial charge in [-0.05, 0) is 31.5 Å². The van der Waals surface area contributed by atoms with E-state index in [2.05, 4.69) is 5.32 Å². The number of nitrogens with zero attached hydrogens (tertiary/aromatic N) is 2. The Bertz CT molecular complexity index is 1060. The summed E-state index contributed by atoms with van der Waals surface area (Å²) < 4.78 is 36.3. The van der Waals surface area contributed by atoms with Crippen molar-refractivity contribution in [3.8, 4) is 11.5 Å². The highest BCUT2D eigenvalue weighted by molar-refractivity contribution is 7.92. The molecule has 0 radical (unpaired) electrons. The van der Waals surface area contributed by atoms with Crippen molar-refractivity contribution in [3.05, 3.63) is 58.1 Å². The minimum atomic E-state index is -3.69. The lowest BCUT2D eigenvalue weighted by Crippen LogP contribution is -2.33. The fourth-order valence-electron chi connectivity index (χ4n) is 3.07. The molecular formula is C21H27N3O7S. The predicted octanol–water partition coefficient (Wildman–Crippen LogP) is 2.65. The largest absolute Gasteiger partial charge is 0.497 e. The number of nitrogens with one attached hydrogen (secondary N) is 1. The fourth-order valence-corrected chi connectivity index (χ4v) is 4.08. The van der Waals surface area contributed by atoms with Gasteiger partial charge in [-0.25, -0.2) is 8.42 Å². The number of carbonyl (C=O) groups is 1. The Morgan fingerprint density at radius 2 is 1.88 bits per heavy atom. The average molecular weight is 466 g/mol. The Hall–Kier alpha value is -3.34. The third-order valence-electron chi connectivity index (χ3n) is 4.64. The molecule has 0 saturated carbocycles. The molecule has 0 aliphatic rings. The van der Waals surface area contributed by atoms with Crippen LogP contribution >= 0.6 is 0 Å². The van der Waals surface area contributed by atoms with Gasteiger partial charge in [0.25, 0.3) is 5.69 Å². The maximum Gasteiger partial charge on any atom is 0.274 e. The number of nitro groups is 1. The summed E-state index contributed by atoms with van der Waals surface area (Å²) in [4.78, 5) is 22.7. The van der Waals surface area contributed by atoms with Crippen LogP contribution in [-0.2, 0) is 14.8 Å². The molecule has 174 valence electrons. The molecule has 0 heterocycles. The number of benzene rings is 2. The molecule has 1 amide bonds. The fraction of sp³-hybridized carbons (Fsp3) is 0.381. The number of hydrogen-bond donors (Lipinski definition) is 1. The summed E-state index contributed by atoms with van der Waals surface area (Å²) in [7, 11) is -2.13. The molecule has 0 aliphatic heterocycles. The number of carbonyl (C=O) groups excluding carboxylic acids is 1. The van der Waals surface area contributed by atoms with Gasteiger partial charge >= 0.3 is 0 Å². The van der Waals surface area contributed by atoms with E-state index in [-0.39, 0.29) is 55.4 Å². The molecule has 0 atom stereocenters. The number of ether oxygens (including phenoxy) is 2. The van der Waals surface area contributed by atoms with Crippen LogP contribution in [0, 0.1) is 17.0 Å². The molecule has 0 aliphatic carbocycles. The third-order valence-corrected chi connectivity index (χ3v) is 5.82. The quantitative estimate of drug-likeness (QED) is 0.290. The Morgan fingerprint density at radius 1 is 1.19 bits per heavy atom. The molecule has 0 bridgehead atoms. The van der Waals surface area contributed by atoms with Gasteiger partial charge < -0.3 is 14.8 Å². The Kier molecular flexibility index (Phi) is 8.82. The Labute approximate surface area is 187 Å². The van der Waals surface area contributed by atoms with Crippen molar-refractivity contribution in [1.82, 2.24) is 5.32 Å². The summed E-state index contributed by atoms with van der Waals surface area (Å²) in [5, 5.41) is 13.9. The topological polar surface area (TPSA) is 128 Å². The van der Waals surface area contributed by atoms with Crippen LogP contribution in [0.2, 0.25) is 0 Å². The first-order valence-corrected chi connectivity index (χ1v) is 11.7. The summed E-state index contributed by atoms with van der Waals surface area (Å²) >= 11 is 0. The number of sulfonamides is 1. The van der Waals surface area contributed by atoms with Gasteiger partial charge in [0.2, 0.25) is 15.9 Å². The highest BCUT2D eigenvalue weighted by atomic mass is 32.2. The molecule has 0 spiro atoms. The van der Waals surface area contributed by atoms with E-state index in [1.54, 1.807) is 31.4 Å². The van der Waals surface area contributed by atoms with Gasteiger partial charge in [-0.3, -0.25) is 19.2 Å². The maximum atomic E-state index is 12.3. The van der Waals surface area contributed by atoms with E-state index < -0.39 is 14.9 Å². The number of hydrogen-bond acceptors (Lipinski definition) is 7. The third kappa shape index (κ3) is 7.12. The molecule has 32 heavy (non-hydrogen) atoms. The second kappa shape index (κ2) is 11.3. The van der Waals surface area contributed by atoms with Crippen LogP contribution in [-0.4, -0.2) is 52.3 Å². The van der Waals surface area contributed by atoms with E-state index >= 15 is 0 Å². The minimum Gasteiger partial charge on any atom is -0.497 e. The van der Waals surface area contributed by atoms with E-state index in [0.717, 1.165) is 10.6 Å². The molecule has 0 fully saturated rings. The van der Waals surface area contributed by atoms with Crippen molar-refractivity contribution in [3.63, 3.8) is 0 Å². The molecule has 0 unspecified atom stereocenters. The predicted molar refractivity (Wildman–Crippen MR) is 121 cm³/mol. The molecule has 10 nitrogen and oxygen atoms in total. The van der Waals surface area contributed by atoms with E-state index in [9.17, 15) is 23.3 Å². The lowest BCUT2D eigenvalue weighted by molar-refractivity contribution is -0.385. The molecule has 1 N–H and O–H groups in total. The van der Waals surface area contributed by atoms with Crippen LogP contribution in [0.1, 0.15) is 18.4 Å². The molecule has 2 rings (SSSR count). The van der Waals surface area contributed by atoms with Crippen LogP contribution in [0.4, 0.5) is 11.4 Å². The molecule has 2 aromatic rings. The van der Waals surface area contributed by atoms with E-state index in [0.29, 0.717) is 11.5 Å². The second-order valence-corrected chi connectivity index (χ2v) is 8.90. The van der Waals surface area contributed by atoms with E-state index in [1.807, 2.05) is 0 Å². The summed E-state index contributed by atoms with van der Waals surface area (Å²) in [6.45, 7) is 2.08. The summed E-state index contributed by atoms with van der Waals surface area (Å²) in [5.74, 6) is 1.04. The first-order chi connectivity index (χ1) is 15.1. The van der Waals surface area contributed by atoms with Gasteiger partial charge in [0.15, 0.2) is 0 Å². The average Bonchev–Trinajstić information content (AvgIpc) is 2.74. The lowest BCUT2D eigenvalue weighted by atomic mass is 10.1. The molecular weight excluding hydrogens is 438 g/mol. The maximum absolute atomic E-state index is 12.3. The number of amides is 1. The van der Waals surface area contributed by atoms with Crippen LogP contribution in [0.15, 0.2) is 42.5 Å². The normalized spacial score (nSPS) is 11.0. The van der Waals surface area contributed by atoms with Crippen molar-refractivity contribution in [2.75, 3.05) is 37.4 Å². The molecule has 0 saturated heterocycles. The van der Waals surface area contributed by atoms with Crippen molar-refractivity contribution in [2.45, 2.75) is 19.8 Å².